The van der Waals surface area contributed by atoms with Crippen LogP contribution in [-0.2, 0) is 20.7 Å². The molecule has 3 rings (SSSR count). The number of anilines is 1. The predicted molar refractivity (Wildman–Crippen MR) is 94.6 cm³/mol. The van der Waals surface area contributed by atoms with E-state index in [2.05, 4.69) is 20.4 Å². The van der Waals surface area contributed by atoms with E-state index in [1.807, 2.05) is 32.0 Å². The van der Waals surface area contributed by atoms with Gasteiger partial charge < -0.3 is 10.1 Å². The number of para-hydroxylation sites is 1. The molecule has 2 aromatic heterocycles. The van der Waals surface area contributed by atoms with Crippen molar-refractivity contribution in [3.8, 4) is 0 Å². The summed E-state index contributed by atoms with van der Waals surface area (Å²) in [6.45, 7) is 3.46. The van der Waals surface area contributed by atoms with Gasteiger partial charge in [-0.25, -0.2) is 9.50 Å². The van der Waals surface area contributed by atoms with Crippen LogP contribution >= 0.6 is 0 Å². The Balaban J connectivity index is 1.52. The van der Waals surface area contributed by atoms with Gasteiger partial charge in [-0.2, -0.15) is 10.1 Å². The second kappa shape index (κ2) is 7.73. The van der Waals surface area contributed by atoms with Crippen LogP contribution in [-0.4, -0.2) is 38.1 Å². The number of esters is 1. The highest BCUT2D eigenvalue weighted by atomic mass is 16.5. The van der Waals surface area contributed by atoms with Gasteiger partial charge in [-0.05, 0) is 38.0 Å². The van der Waals surface area contributed by atoms with E-state index >= 15 is 0 Å². The summed E-state index contributed by atoms with van der Waals surface area (Å²) in [4.78, 5) is 32.2. The number of aryl methyl sites for hydroxylation is 2. The standard InChI is InChI=1S/C18H19N5O3/c1-12-15(13(2)23-18(21-12)19-11-20-23)8-9-17(25)26-10-16(24)22-14-6-4-3-5-7-14/h3-7,11H,8-10H2,1-2H3,(H,22,24). The zero-order chi connectivity index (χ0) is 18.5. The van der Waals surface area contributed by atoms with E-state index in [-0.39, 0.29) is 18.9 Å². The first kappa shape index (κ1) is 17.5. The summed E-state index contributed by atoms with van der Waals surface area (Å²) in [6.07, 6.45) is 2.06. The first-order valence-corrected chi connectivity index (χ1v) is 8.21. The number of aromatic nitrogens is 4. The maximum Gasteiger partial charge on any atom is 0.306 e. The topological polar surface area (TPSA) is 98.5 Å². The van der Waals surface area contributed by atoms with Gasteiger partial charge in [-0.1, -0.05) is 18.2 Å². The lowest BCUT2D eigenvalue weighted by Crippen LogP contribution is -2.21. The fourth-order valence-electron chi connectivity index (χ4n) is 2.68. The average Bonchev–Trinajstić information content (AvgIpc) is 3.09. The third-order valence-corrected chi connectivity index (χ3v) is 3.99. The minimum atomic E-state index is -0.439. The van der Waals surface area contributed by atoms with Crippen molar-refractivity contribution in [3.05, 3.63) is 53.6 Å². The molecule has 1 amide bonds. The second-order valence-corrected chi connectivity index (χ2v) is 5.81. The number of benzene rings is 1. The number of nitrogens with one attached hydrogen (secondary N) is 1. The van der Waals surface area contributed by atoms with Gasteiger partial charge in [-0.15, -0.1) is 0 Å². The van der Waals surface area contributed by atoms with Crippen LogP contribution in [0.3, 0.4) is 0 Å². The summed E-state index contributed by atoms with van der Waals surface area (Å²) in [5, 5.41) is 6.78. The number of hydrogen-bond acceptors (Lipinski definition) is 6. The van der Waals surface area contributed by atoms with E-state index < -0.39 is 5.97 Å². The number of amides is 1. The van der Waals surface area contributed by atoms with Gasteiger partial charge in [0.05, 0.1) is 0 Å². The molecule has 0 aliphatic carbocycles. The van der Waals surface area contributed by atoms with Gasteiger partial charge in [-0.3, -0.25) is 9.59 Å². The van der Waals surface area contributed by atoms with E-state index in [9.17, 15) is 9.59 Å². The largest absolute Gasteiger partial charge is 0.456 e. The third kappa shape index (κ3) is 4.02. The zero-order valence-electron chi connectivity index (χ0n) is 14.6. The van der Waals surface area contributed by atoms with Crippen LogP contribution < -0.4 is 5.32 Å². The smallest absolute Gasteiger partial charge is 0.306 e. The molecule has 2 heterocycles. The molecule has 26 heavy (non-hydrogen) atoms. The molecule has 1 aromatic carbocycles. The monoisotopic (exact) mass is 353 g/mol. The molecule has 8 heteroatoms. The van der Waals surface area contributed by atoms with Crippen LogP contribution in [0.4, 0.5) is 5.69 Å². The molecule has 0 spiro atoms. The Hall–Kier alpha value is -3.29. The third-order valence-electron chi connectivity index (χ3n) is 3.99. The van der Waals surface area contributed by atoms with Gasteiger partial charge in [0.15, 0.2) is 6.61 Å². The lowest BCUT2D eigenvalue weighted by atomic mass is 10.1. The molecular weight excluding hydrogens is 334 g/mol. The summed E-state index contributed by atoms with van der Waals surface area (Å²) in [5.41, 5.74) is 3.28. The number of ether oxygens (including phenoxy) is 1. The van der Waals surface area contributed by atoms with Gasteiger partial charge >= 0.3 is 5.97 Å². The van der Waals surface area contributed by atoms with Crippen LogP contribution in [0.25, 0.3) is 5.78 Å². The molecule has 8 nitrogen and oxygen atoms in total. The number of carbonyl (C=O) groups is 2. The van der Waals surface area contributed by atoms with E-state index in [4.69, 9.17) is 4.74 Å². The average molecular weight is 353 g/mol. The molecule has 0 fully saturated rings. The van der Waals surface area contributed by atoms with Crippen LogP contribution in [0, 0.1) is 13.8 Å². The molecule has 0 aliphatic rings. The van der Waals surface area contributed by atoms with Crippen LogP contribution in [0.1, 0.15) is 23.4 Å². The van der Waals surface area contributed by atoms with Crippen molar-refractivity contribution in [2.45, 2.75) is 26.7 Å². The summed E-state index contributed by atoms with van der Waals surface area (Å²) in [5.74, 6) is -0.280. The lowest BCUT2D eigenvalue weighted by molar-refractivity contribution is -0.147. The number of fused-ring (bicyclic) bond motifs is 1. The molecule has 134 valence electrons. The molecule has 1 N–H and O–H groups in total. The molecule has 0 bridgehead atoms. The SMILES string of the molecule is Cc1nc2ncnn2c(C)c1CCC(=O)OCC(=O)Nc1ccccc1. The van der Waals surface area contributed by atoms with Crippen LogP contribution in [0.5, 0.6) is 0 Å². The fourth-order valence-corrected chi connectivity index (χ4v) is 2.68. The summed E-state index contributed by atoms with van der Waals surface area (Å²) in [7, 11) is 0. The Labute approximate surface area is 150 Å². The van der Waals surface area contributed by atoms with Crippen LogP contribution in [0.15, 0.2) is 36.7 Å². The van der Waals surface area contributed by atoms with Crippen molar-refractivity contribution in [2.75, 3.05) is 11.9 Å². The first-order valence-electron chi connectivity index (χ1n) is 8.21. The molecule has 0 saturated heterocycles. The van der Waals surface area contributed by atoms with Crippen molar-refractivity contribution in [1.29, 1.82) is 0 Å². The van der Waals surface area contributed by atoms with Gasteiger partial charge in [0.1, 0.15) is 6.33 Å². The Morgan fingerprint density at radius 2 is 1.96 bits per heavy atom. The molecule has 0 radical (unpaired) electrons. The molecular formula is C18H19N5O3. The normalized spacial score (nSPS) is 10.7. The Morgan fingerprint density at radius 3 is 2.73 bits per heavy atom. The molecule has 3 aromatic rings. The molecule has 0 atom stereocenters. The number of rotatable bonds is 6. The molecule has 0 unspecified atom stereocenters. The second-order valence-electron chi connectivity index (χ2n) is 5.81. The van der Waals surface area contributed by atoms with E-state index in [1.54, 1.807) is 16.6 Å². The first-order chi connectivity index (χ1) is 12.5. The number of carbonyl (C=O) groups excluding carboxylic acids is 2. The highest BCUT2D eigenvalue weighted by Gasteiger charge is 2.14. The quantitative estimate of drug-likeness (QED) is 0.679. The number of nitrogens with zero attached hydrogens (tertiary/aromatic N) is 4. The van der Waals surface area contributed by atoms with Gasteiger partial charge in [0.2, 0.25) is 0 Å². The van der Waals surface area contributed by atoms with Crippen molar-refractivity contribution >= 4 is 23.3 Å². The van der Waals surface area contributed by atoms with Gasteiger partial charge in [0.25, 0.3) is 11.7 Å². The van der Waals surface area contributed by atoms with Crippen molar-refractivity contribution in [2.24, 2.45) is 0 Å². The molecule has 0 saturated carbocycles. The molecule has 0 aliphatic heterocycles. The Morgan fingerprint density at radius 1 is 1.19 bits per heavy atom. The lowest BCUT2D eigenvalue weighted by Gasteiger charge is -2.10. The summed E-state index contributed by atoms with van der Waals surface area (Å²) in [6, 6.07) is 9.00. The highest BCUT2D eigenvalue weighted by molar-refractivity contribution is 5.92. The minimum Gasteiger partial charge on any atom is -0.456 e. The Kier molecular flexibility index (Phi) is 5.21. The predicted octanol–water partition coefficient (Wildman–Crippen LogP) is 1.86. The zero-order valence-corrected chi connectivity index (χ0v) is 14.6. The van der Waals surface area contributed by atoms with E-state index in [0.717, 1.165) is 17.0 Å². The van der Waals surface area contributed by atoms with E-state index in [0.29, 0.717) is 17.9 Å². The minimum absolute atomic E-state index is 0.155. The fraction of sp³-hybridized carbons (Fsp3) is 0.278. The number of hydrogen-bond donors (Lipinski definition) is 1. The highest BCUT2D eigenvalue weighted by Crippen LogP contribution is 2.15. The summed E-state index contributed by atoms with van der Waals surface area (Å²) < 4.78 is 6.68. The van der Waals surface area contributed by atoms with Crippen LogP contribution in [0.2, 0.25) is 0 Å². The van der Waals surface area contributed by atoms with Crippen molar-refractivity contribution in [3.63, 3.8) is 0 Å². The van der Waals surface area contributed by atoms with E-state index in [1.165, 1.54) is 6.33 Å². The van der Waals surface area contributed by atoms with Gasteiger partial charge in [0, 0.05) is 23.5 Å². The van der Waals surface area contributed by atoms with Crippen molar-refractivity contribution in [1.82, 2.24) is 19.6 Å². The summed E-state index contributed by atoms with van der Waals surface area (Å²) >= 11 is 0. The Bertz CT molecular complexity index is 937. The maximum atomic E-state index is 12.0. The van der Waals surface area contributed by atoms with Crippen molar-refractivity contribution < 1.29 is 14.3 Å². The maximum absolute atomic E-state index is 12.0.